The molecule has 6 nitrogen and oxygen atoms in total. The Labute approximate surface area is 143 Å². The van der Waals surface area contributed by atoms with Crippen LogP contribution in [0.15, 0.2) is 23.0 Å². The summed E-state index contributed by atoms with van der Waals surface area (Å²) in [4.78, 5) is 7.23. The molecule has 2 aromatic rings. The van der Waals surface area contributed by atoms with Gasteiger partial charge in [0.05, 0.1) is 6.54 Å². The van der Waals surface area contributed by atoms with Gasteiger partial charge in [-0.1, -0.05) is 24.4 Å². The van der Waals surface area contributed by atoms with Crippen molar-refractivity contribution in [1.82, 2.24) is 24.8 Å². The number of hydrogen-bond acceptors (Lipinski definition) is 5. The average molecular weight is 329 g/mol. The maximum Gasteiger partial charge on any atom is 0.229 e. The van der Waals surface area contributed by atoms with E-state index in [1.54, 1.807) is 0 Å². The summed E-state index contributed by atoms with van der Waals surface area (Å²) in [6.45, 7) is 2.94. The molecule has 1 atom stereocenters. The van der Waals surface area contributed by atoms with Crippen LogP contribution in [0.3, 0.4) is 0 Å². The largest absolute Gasteiger partial charge is 0.339 e. The third-order valence-electron chi connectivity index (χ3n) is 5.53. The molecule has 2 fully saturated rings. The van der Waals surface area contributed by atoms with Gasteiger partial charge in [-0.05, 0) is 44.7 Å². The topological polar surface area (TPSA) is 60.0 Å². The lowest BCUT2D eigenvalue weighted by molar-refractivity contribution is 0.123. The standard InChI is InChI=1S/C18H27N5O/c1-2-7-15(6-1)18-20-17(21-24-18)14-22-11-4-3-8-16(22)9-13-23-12-5-10-19-23/h5,10,12,15-16H,1-4,6-9,11,13-14H2. The highest BCUT2D eigenvalue weighted by molar-refractivity contribution is 4.97. The normalized spacial score (nSPS) is 23.1. The summed E-state index contributed by atoms with van der Waals surface area (Å²) in [5.41, 5.74) is 0. The van der Waals surface area contributed by atoms with E-state index in [2.05, 4.69) is 15.2 Å². The second-order valence-corrected chi connectivity index (χ2v) is 7.21. The molecule has 6 heteroatoms. The number of piperidine rings is 1. The zero-order valence-electron chi connectivity index (χ0n) is 14.3. The summed E-state index contributed by atoms with van der Waals surface area (Å²) in [5, 5.41) is 8.57. The van der Waals surface area contributed by atoms with Crippen molar-refractivity contribution in [2.75, 3.05) is 6.54 Å². The van der Waals surface area contributed by atoms with Gasteiger partial charge in [-0.25, -0.2) is 0 Å². The van der Waals surface area contributed by atoms with E-state index in [9.17, 15) is 0 Å². The minimum Gasteiger partial charge on any atom is -0.339 e. The molecule has 1 unspecified atom stereocenters. The second-order valence-electron chi connectivity index (χ2n) is 7.21. The molecule has 4 rings (SSSR count). The van der Waals surface area contributed by atoms with Crippen molar-refractivity contribution in [2.45, 2.75) is 76.4 Å². The SMILES string of the molecule is c1cnn(CCC2CCCCN2Cc2noc(C3CCCC3)n2)c1. The molecule has 1 aliphatic carbocycles. The minimum absolute atomic E-state index is 0.503. The lowest BCUT2D eigenvalue weighted by Gasteiger charge is -2.34. The van der Waals surface area contributed by atoms with Gasteiger partial charge in [0.15, 0.2) is 5.82 Å². The molecular weight excluding hydrogens is 302 g/mol. The van der Waals surface area contributed by atoms with E-state index < -0.39 is 0 Å². The van der Waals surface area contributed by atoms with E-state index >= 15 is 0 Å². The maximum atomic E-state index is 5.54. The molecule has 0 spiro atoms. The number of rotatable bonds is 6. The predicted molar refractivity (Wildman–Crippen MR) is 90.4 cm³/mol. The number of hydrogen-bond donors (Lipinski definition) is 0. The van der Waals surface area contributed by atoms with Crippen LogP contribution in [0.4, 0.5) is 0 Å². The van der Waals surface area contributed by atoms with E-state index in [-0.39, 0.29) is 0 Å². The summed E-state index contributed by atoms with van der Waals surface area (Å²) in [7, 11) is 0. The van der Waals surface area contributed by atoms with E-state index in [4.69, 9.17) is 9.51 Å². The first-order chi connectivity index (χ1) is 11.9. The van der Waals surface area contributed by atoms with Gasteiger partial charge in [0, 0.05) is 30.9 Å². The van der Waals surface area contributed by atoms with Crippen molar-refractivity contribution >= 4 is 0 Å². The molecule has 0 bridgehead atoms. The molecule has 24 heavy (non-hydrogen) atoms. The van der Waals surface area contributed by atoms with Gasteiger partial charge < -0.3 is 4.52 Å². The van der Waals surface area contributed by atoms with Crippen molar-refractivity contribution in [1.29, 1.82) is 0 Å². The molecule has 1 aliphatic heterocycles. The van der Waals surface area contributed by atoms with Gasteiger partial charge in [-0.15, -0.1) is 0 Å². The Balaban J connectivity index is 1.36. The number of aryl methyl sites for hydroxylation is 1. The van der Waals surface area contributed by atoms with Crippen LogP contribution in [0.2, 0.25) is 0 Å². The smallest absolute Gasteiger partial charge is 0.229 e. The summed E-state index contributed by atoms with van der Waals surface area (Å²) < 4.78 is 7.57. The molecule has 2 aliphatic rings. The van der Waals surface area contributed by atoms with Crippen LogP contribution in [-0.2, 0) is 13.1 Å². The average Bonchev–Trinajstić information content (AvgIpc) is 3.36. The van der Waals surface area contributed by atoms with Crippen LogP contribution in [0, 0.1) is 0 Å². The molecular formula is C18H27N5O. The van der Waals surface area contributed by atoms with Gasteiger partial charge in [0.25, 0.3) is 0 Å². The summed E-state index contributed by atoms with van der Waals surface area (Å²) in [5.74, 6) is 2.23. The van der Waals surface area contributed by atoms with E-state index in [1.165, 1.54) is 44.9 Å². The molecule has 2 aromatic heterocycles. The third kappa shape index (κ3) is 3.69. The molecule has 0 N–H and O–H groups in total. The van der Waals surface area contributed by atoms with Crippen LogP contribution in [-0.4, -0.2) is 37.4 Å². The first kappa shape index (κ1) is 15.8. The number of likely N-dealkylation sites (tertiary alicyclic amines) is 1. The van der Waals surface area contributed by atoms with Crippen molar-refractivity contribution < 1.29 is 4.52 Å². The van der Waals surface area contributed by atoms with Gasteiger partial charge in [0.1, 0.15) is 0 Å². The van der Waals surface area contributed by atoms with Crippen molar-refractivity contribution in [2.24, 2.45) is 0 Å². The summed E-state index contributed by atoms with van der Waals surface area (Å²) in [6.07, 6.45) is 13.9. The molecule has 1 saturated heterocycles. The van der Waals surface area contributed by atoms with Crippen LogP contribution in [0.25, 0.3) is 0 Å². The van der Waals surface area contributed by atoms with E-state index in [0.717, 1.165) is 37.8 Å². The predicted octanol–water partition coefficient (Wildman–Crippen LogP) is 3.37. The number of aromatic nitrogens is 4. The third-order valence-corrected chi connectivity index (χ3v) is 5.53. The Hall–Kier alpha value is -1.69. The van der Waals surface area contributed by atoms with E-state index in [1.807, 2.05) is 23.1 Å². The fraction of sp³-hybridized carbons (Fsp3) is 0.722. The van der Waals surface area contributed by atoms with Gasteiger partial charge in [-0.2, -0.15) is 10.1 Å². The zero-order valence-corrected chi connectivity index (χ0v) is 14.3. The highest BCUT2D eigenvalue weighted by Crippen LogP contribution is 2.33. The molecule has 130 valence electrons. The Kier molecular flexibility index (Phi) is 4.92. The molecule has 1 saturated carbocycles. The van der Waals surface area contributed by atoms with Crippen molar-refractivity contribution in [3.8, 4) is 0 Å². The first-order valence-corrected chi connectivity index (χ1v) is 9.42. The minimum atomic E-state index is 0.503. The van der Waals surface area contributed by atoms with Crippen molar-refractivity contribution in [3.63, 3.8) is 0 Å². The molecule has 0 amide bonds. The lowest BCUT2D eigenvalue weighted by Crippen LogP contribution is -2.39. The van der Waals surface area contributed by atoms with Gasteiger partial charge in [-0.3, -0.25) is 9.58 Å². The quantitative estimate of drug-likeness (QED) is 0.813. The second kappa shape index (κ2) is 7.47. The zero-order chi connectivity index (χ0) is 16.2. The van der Waals surface area contributed by atoms with Crippen LogP contribution in [0.5, 0.6) is 0 Å². The fourth-order valence-electron chi connectivity index (χ4n) is 4.16. The maximum absolute atomic E-state index is 5.54. The Morgan fingerprint density at radius 2 is 2.00 bits per heavy atom. The van der Waals surface area contributed by atoms with Crippen LogP contribution >= 0.6 is 0 Å². The highest BCUT2D eigenvalue weighted by atomic mass is 16.5. The molecule has 3 heterocycles. The summed E-state index contributed by atoms with van der Waals surface area (Å²) >= 11 is 0. The molecule has 0 aromatic carbocycles. The van der Waals surface area contributed by atoms with Crippen LogP contribution in [0.1, 0.15) is 69.0 Å². The van der Waals surface area contributed by atoms with Gasteiger partial charge in [0.2, 0.25) is 5.89 Å². The van der Waals surface area contributed by atoms with Crippen LogP contribution < -0.4 is 0 Å². The Morgan fingerprint density at radius 1 is 1.12 bits per heavy atom. The first-order valence-electron chi connectivity index (χ1n) is 9.42. The fourth-order valence-corrected chi connectivity index (χ4v) is 4.16. The highest BCUT2D eigenvalue weighted by Gasteiger charge is 2.26. The number of nitrogens with zero attached hydrogens (tertiary/aromatic N) is 5. The van der Waals surface area contributed by atoms with E-state index in [0.29, 0.717) is 12.0 Å². The lowest BCUT2D eigenvalue weighted by atomic mass is 9.99. The van der Waals surface area contributed by atoms with Gasteiger partial charge >= 0.3 is 0 Å². The van der Waals surface area contributed by atoms with Crippen molar-refractivity contribution in [3.05, 3.63) is 30.2 Å². The summed E-state index contributed by atoms with van der Waals surface area (Å²) in [6, 6.07) is 2.58. The Bertz CT molecular complexity index is 617. The molecule has 0 radical (unpaired) electrons. The monoisotopic (exact) mass is 329 g/mol. The Morgan fingerprint density at radius 3 is 2.83 bits per heavy atom.